The molecule has 0 bridgehead atoms. The van der Waals surface area contributed by atoms with Crippen LogP contribution in [0.3, 0.4) is 0 Å². The Hall–Kier alpha value is -0.800. The molecule has 1 aromatic heterocycles. The summed E-state index contributed by atoms with van der Waals surface area (Å²) in [5.74, 6) is 0.700. The highest BCUT2D eigenvalue weighted by atomic mass is 35.5. The molecular weight excluding hydrogens is 188 g/mol. The van der Waals surface area contributed by atoms with Crippen LogP contribution in [-0.2, 0) is 0 Å². The van der Waals surface area contributed by atoms with E-state index < -0.39 is 0 Å². The smallest absolute Gasteiger partial charge is 0.131 e. The van der Waals surface area contributed by atoms with Crippen LogP contribution < -0.4 is 5.32 Å². The van der Waals surface area contributed by atoms with Crippen molar-refractivity contribution in [3.63, 3.8) is 0 Å². The second-order valence-electron chi connectivity index (χ2n) is 3.08. The van der Waals surface area contributed by atoms with Crippen molar-refractivity contribution in [3.05, 3.63) is 22.8 Å². The molecule has 0 spiro atoms. The van der Waals surface area contributed by atoms with E-state index in [0.717, 1.165) is 5.56 Å². The molecule has 0 saturated carbocycles. The normalized spacial score (nSPS) is 12.6. The Morgan fingerprint density at radius 3 is 2.85 bits per heavy atom. The van der Waals surface area contributed by atoms with Crippen LogP contribution in [0.15, 0.2) is 12.1 Å². The van der Waals surface area contributed by atoms with E-state index in [9.17, 15) is 0 Å². The van der Waals surface area contributed by atoms with E-state index in [4.69, 9.17) is 16.7 Å². The summed E-state index contributed by atoms with van der Waals surface area (Å²) in [6.07, 6.45) is -0.388. The molecule has 0 unspecified atom stereocenters. The lowest BCUT2D eigenvalue weighted by Crippen LogP contribution is -2.16. The molecule has 3 nitrogen and oxygen atoms in total. The third-order valence-electron chi connectivity index (χ3n) is 1.52. The summed E-state index contributed by atoms with van der Waals surface area (Å²) in [6.45, 7) is 4.14. The minimum Gasteiger partial charge on any atom is -0.392 e. The van der Waals surface area contributed by atoms with E-state index in [1.807, 2.05) is 13.0 Å². The summed E-state index contributed by atoms with van der Waals surface area (Å²) in [5, 5.41) is 12.5. The number of aliphatic hydroxyl groups is 1. The summed E-state index contributed by atoms with van der Waals surface area (Å²) in [6, 6.07) is 3.67. The topological polar surface area (TPSA) is 45.2 Å². The maximum atomic E-state index is 9.03. The Morgan fingerprint density at radius 2 is 2.31 bits per heavy atom. The van der Waals surface area contributed by atoms with Crippen molar-refractivity contribution in [2.45, 2.75) is 20.0 Å². The molecule has 0 aliphatic carbocycles. The number of pyridine rings is 1. The molecule has 1 heterocycles. The van der Waals surface area contributed by atoms with E-state index in [2.05, 4.69) is 10.3 Å². The number of hydrogen-bond acceptors (Lipinski definition) is 3. The Morgan fingerprint density at radius 1 is 1.62 bits per heavy atom. The molecule has 1 rings (SSSR count). The van der Waals surface area contributed by atoms with Crippen LogP contribution in [0.25, 0.3) is 0 Å². The molecule has 0 aromatic carbocycles. The molecule has 13 heavy (non-hydrogen) atoms. The number of aryl methyl sites for hydroxylation is 1. The molecule has 72 valence electrons. The van der Waals surface area contributed by atoms with Gasteiger partial charge in [0.05, 0.1) is 6.10 Å². The fraction of sp³-hybridized carbons (Fsp3) is 0.444. The average molecular weight is 201 g/mol. The molecule has 1 atom stereocenters. The largest absolute Gasteiger partial charge is 0.392 e. The van der Waals surface area contributed by atoms with Crippen molar-refractivity contribution < 1.29 is 5.11 Å². The van der Waals surface area contributed by atoms with Crippen LogP contribution >= 0.6 is 11.6 Å². The predicted molar refractivity (Wildman–Crippen MR) is 54.2 cm³/mol. The van der Waals surface area contributed by atoms with Gasteiger partial charge in [-0.1, -0.05) is 11.6 Å². The molecule has 4 heteroatoms. The average Bonchev–Trinajstić information content (AvgIpc) is 1.99. The van der Waals surface area contributed by atoms with Crippen molar-refractivity contribution in [1.82, 2.24) is 4.98 Å². The summed E-state index contributed by atoms with van der Waals surface area (Å²) in [7, 11) is 0. The molecule has 0 aliphatic heterocycles. The van der Waals surface area contributed by atoms with Gasteiger partial charge in [0, 0.05) is 6.54 Å². The summed E-state index contributed by atoms with van der Waals surface area (Å²) in [4.78, 5) is 4.05. The Kier molecular flexibility index (Phi) is 3.51. The molecule has 0 radical (unpaired) electrons. The van der Waals surface area contributed by atoms with Gasteiger partial charge in [-0.3, -0.25) is 0 Å². The molecule has 0 fully saturated rings. The first kappa shape index (κ1) is 10.3. The molecule has 1 aromatic rings. The van der Waals surface area contributed by atoms with Gasteiger partial charge < -0.3 is 10.4 Å². The van der Waals surface area contributed by atoms with Crippen LogP contribution in [0.5, 0.6) is 0 Å². The lowest BCUT2D eigenvalue weighted by molar-refractivity contribution is 0.208. The number of rotatable bonds is 3. The standard InChI is InChI=1S/C9H13ClN2O/c1-6-3-8(10)12-9(4-6)11-5-7(2)13/h3-4,7,13H,5H2,1-2H3,(H,11,12)/t7-/m1/s1. The minimum absolute atomic E-state index is 0.388. The Bertz CT molecular complexity index is 269. The zero-order valence-electron chi connectivity index (χ0n) is 7.71. The first-order valence-corrected chi connectivity index (χ1v) is 4.52. The molecule has 2 N–H and O–H groups in total. The van der Waals surface area contributed by atoms with Crippen LogP contribution in [-0.4, -0.2) is 22.7 Å². The van der Waals surface area contributed by atoms with Gasteiger partial charge in [0.25, 0.3) is 0 Å². The summed E-state index contributed by atoms with van der Waals surface area (Å²) >= 11 is 5.75. The number of anilines is 1. The Balaban J connectivity index is 2.66. The number of halogens is 1. The van der Waals surface area contributed by atoms with Crippen molar-refractivity contribution in [3.8, 4) is 0 Å². The van der Waals surface area contributed by atoms with Crippen molar-refractivity contribution in [2.75, 3.05) is 11.9 Å². The second-order valence-corrected chi connectivity index (χ2v) is 3.47. The first-order chi connectivity index (χ1) is 6.08. The maximum absolute atomic E-state index is 9.03. The number of nitrogens with zero attached hydrogens (tertiary/aromatic N) is 1. The van der Waals surface area contributed by atoms with E-state index >= 15 is 0 Å². The van der Waals surface area contributed by atoms with E-state index in [0.29, 0.717) is 17.5 Å². The van der Waals surface area contributed by atoms with Crippen molar-refractivity contribution >= 4 is 17.4 Å². The van der Waals surface area contributed by atoms with Gasteiger partial charge in [-0.25, -0.2) is 4.98 Å². The van der Waals surface area contributed by atoms with E-state index in [1.165, 1.54) is 0 Å². The predicted octanol–water partition coefficient (Wildman–Crippen LogP) is 1.84. The fourth-order valence-corrected chi connectivity index (χ4v) is 1.23. The quantitative estimate of drug-likeness (QED) is 0.732. The van der Waals surface area contributed by atoms with Gasteiger partial charge in [0.1, 0.15) is 11.0 Å². The maximum Gasteiger partial charge on any atom is 0.131 e. The molecule has 0 aliphatic rings. The van der Waals surface area contributed by atoms with Crippen molar-refractivity contribution in [1.29, 1.82) is 0 Å². The van der Waals surface area contributed by atoms with Crippen LogP contribution in [0.1, 0.15) is 12.5 Å². The number of aliphatic hydroxyl groups excluding tert-OH is 1. The van der Waals surface area contributed by atoms with Crippen LogP contribution in [0.4, 0.5) is 5.82 Å². The zero-order chi connectivity index (χ0) is 9.84. The molecular formula is C9H13ClN2O. The monoisotopic (exact) mass is 200 g/mol. The van der Waals surface area contributed by atoms with Crippen LogP contribution in [0, 0.1) is 6.92 Å². The van der Waals surface area contributed by atoms with Gasteiger partial charge >= 0.3 is 0 Å². The SMILES string of the molecule is Cc1cc(Cl)nc(NC[C@@H](C)O)c1. The van der Waals surface area contributed by atoms with E-state index in [1.54, 1.807) is 13.0 Å². The highest BCUT2D eigenvalue weighted by molar-refractivity contribution is 6.29. The first-order valence-electron chi connectivity index (χ1n) is 4.14. The minimum atomic E-state index is -0.388. The third kappa shape index (κ3) is 3.61. The second kappa shape index (κ2) is 4.44. The van der Waals surface area contributed by atoms with Gasteiger partial charge in [-0.15, -0.1) is 0 Å². The van der Waals surface area contributed by atoms with Gasteiger partial charge in [0.2, 0.25) is 0 Å². The lowest BCUT2D eigenvalue weighted by Gasteiger charge is -2.08. The fourth-order valence-electron chi connectivity index (χ4n) is 0.968. The summed E-state index contributed by atoms with van der Waals surface area (Å²) in [5.41, 5.74) is 1.05. The number of hydrogen-bond donors (Lipinski definition) is 2. The zero-order valence-corrected chi connectivity index (χ0v) is 8.47. The highest BCUT2D eigenvalue weighted by Crippen LogP contribution is 2.13. The van der Waals surface area contributed by atoms with E-state index in [-0.39, 0.29) is 6.10 Å². The van der Waals surface area contributed by atoms with Gasteiger partial charge in [-0.2, -0.15) is 0 Å². The molecule has 0 saturated heterocycles. The molecule has 0 amide bonds. The summed E-state index contributed by atoms with van der Waals surface area (Å²) < 4.78 is 0. The van der Waals surface area contributed by atoms with Crippen molar-refractivity contribution in [2.24, 2.45) is 0 Å². The van der Waals surface area contributed by atoms with Gasteiger partial charge in [-0.05, 0) is 31.5 Å². The number of nitrogens with one attached hydrogen (secondary N) is 1. The van der Waals surface area contributed by atoms with Crippen LogP contribution in [0.2, 0.25) is 5.15 Å². The number of aromatic nitrogens is 1. The Labute approximate surface area is 82.8 Å². The van der Waals surface area contributed by atoms with Gasteiger partial charge in [0.15, 0.2) is 0 Å². The lowest BCUT2D eigenvalue weighted by atomic mass is 10.3. The third-order valence-corrected chi connectivity index (χ3v) is 1.71. The highest BCUT2D eigenvalue weighted by Gasteiger charge is 1.99.